The number of fused-ring (bicyclic) bond motifs is 1. The number of piperidine rings is 1. The molecule has 5 nitrogen and oxygen atoms in total. The van der Waals surface area contributed by atoms with Crippen molar-refractivity contribution in [2.24, 2.45) is 5.92 Å². The Labute approximate surface area is 209 Å². The summed E-state index contributed by atoms with van der Waals surface area (Å²) in [5, 5.41) is 1.16. The minimum atomic E-state index is -0.607. The number of likely N-dealkylation sites (tertiary alicyclic amines) is 1. The van der Waals surface area contributed by atoms with E-state index in [-0.39, 0.29) is 23.6 Å². The second-order valence-electron chi connectivity index (χ2n) is 9.50. The van der Waals surface area contributed by atoms with Crippen LogP contribution in [0.5, 0.6) is 0 Å². The molecule has 0 unspecified atom stereocenters. The van der Waals surface area contributed by atoms with Gasteiger partial charge >= 0.3 is 0 Å². The van der Waals surface area contributed by atoms with Crippen LogP contribution in [0.2, 0.25) is 0 Å². The third-order valence-electron chi connectivity index (χ3n) is 7.30. The molecule has 186 valence electrons. The van der Waals surface area contributed by atoms with Crippen LogP contribution >= 0.6 is 0 Å². The number of carbonyl (C=O) groups is 1. The van der Waals surface area contributed by atoms with Gasteiger partial charge in [0.15, 0.2) is 5.76 Å². The van der Waals surface area contributed by atoms with Crippen molar-refractivity contribution in [3.63, 3.8) is 0 Å². The van der Waals surface area contributed by atoms with Crippen LogP contribution < -0.4 is 0 Å². The van der Waals surface area contributed by atoms with Crippen molar-refractivity contribution in [2.45, 2.75) is 31.8 Å². The van der Waals surface area contributed by atoms with Gasteiger partial charge in [-0.1, -0.05) is 24.3 Å². The van der Waals surface area contributed by atoms with E-state index in [1.165, 1.54) is 24.0 Å². The highest BCUT2D eigenvalue weighted by Gasteiger charge is 2.33. The molecule has 0 spiro atoms. The van der Waals surface area contributed by atoms with E-state index >= 15 is 0 Å². The zero-order chi connectivity index (χ0) is 25.1. The lowest BCUT2D eigenvalue weighted by atomic mass is 9.84. The van der Waals surface area contributed by atoms with E-state index < -0.39 is 11.6 Å². The zero-order valence-electron chi connectivity index (χ0n) is 20.2. The lowest BCUT2D eigenvalue weighted by Crippen LogP contribution is -2.47. The minimum absolute atomic E-state index is 0.170. The highest BCUT2D eigenvalue weighted by molar-refractivity contribution is 5.91. The molecule has 0 radical (unpaired) electrons. The molecular formula is C29H29F2N3O2. The Morgan fingerprint density at radius 2 is 1.92 bits per heavy atom. The first-order valence-corrected chi connectivity index (χ1v) is 12.3. The van der Waals surface area contributed by atoms with Crippen LogP contribution in [0, 0.1) is 17.6 Å². The second kappa shape index (κ2) is 10.6. The largest absolute Gasteiger partial charge is 0.459 e. The standard InChI is InChI=1S/C29H29F2N3O2/c1-33(29(35)28-8-4-16-36-28)27(17-21-9-10-23(30)18-25(21)31)20-11-14-34(15-12-20)19-22-5-2-7-26-24(22)6-3-13-32-26/h2-10,13,16,18,20,27H,11-12,14-15,17,19H2,1H3/t27-/m0/s1. The van der Waals surface area contributed by atoms with Crippen molar-refractivity contribution in [2.75, 3.05) is 20.1 Å². The number of carbonyl (C=O) groups excluding carboxylic acids is 1. The molecule has 0 bridgehead atoms. The first-order chi connectivity index (χ1) is 17.5. The maximum Gasteiger partial charge on any atom is 0.289 e. The predicted octanol–water partition coefficient (Wildman–Crippen LogP) is 5.70. The molecule has 1 atom stereocenters. The average molecular weight is 490 g/mol. The number of likely N-dealkylation sites (N-methyl/N-ethyl adjacent to an activating group) is 1. The summed E-state index contributed by atoms with van der Waals surface area (Å²) in [6, 6.07) is 17.0. The summed E-state index contributed by atoms with van der Waals surface area (Å²) in [7, 11) is 1.74. The van der Waals surface area contributed by atoms with Gasteiger partial charge in [-0.25, -0.2) is 8.78 Å². The van der Waals surface area contributed by atoms with Crippen molar-refractivity contribution >= 4 is 16.8 Å². The van der Waals surface area contributed by atoms with Crippen molar-refractivity contribution in [3.05, 3.63) is 102 Å². The Hall–Kier alpha value is -3.58. The quantitative estimate of drug-likeness (QED) is 0.334. The average Bonchev–Trinajstić information content (AvgIpc) is 3.43. The lowest BCUT2D eigenvalue weighted by Gasteiger charge is -2.40. The molecule has 4 aromatic rings. The van der Waals surface area contributed by atoms with E-state index in [1.807, 2.05) is 24.4 Å². The molecule has 1 aliphatic rings. The third kappa shape index (κ3) is 5.16. The summed E-state index contributed by atoms with van der Waals surface area (Å²) in [5.41, 5.74) is 2.64. The maximum atomic E-state index is 14.6. The fraction of sp³-hybridized carbons (Fsp3) is 0.310. The van der Waals surface area contributed by atoms with Crippen LogP contribution in [0.15, 0.2) is 77.5 Å². The molecule has 0 saturated carbocycles. The van der Waals surface area contributed by atoms with Crippen molar-refractivity contribution in [3.8, 4) is 0 Å². The highest BCUT2D eigenvalue weighted by atomic mass is 19.1. The normalized spacial score (nSPS) is 15.8. The SMILES string of the molecule is CN(C(=O)c1ccco1)[C@@H](Cc1ccc(F)cc1F)C1CCN(Cc2cccc3ncccc23)CC1. The molecule has 1 fully saturated rings. The highest BCUT2D eigenvalue weighted by Crippen LogP contribution is 2.29. The van der Waals surface area contributed by atoms with Crippen LogP contribution in [0.3, 0.4) is 0 Å². The Bertz CT molecular complexity index is 1330. The molecule has 7 heteroatoms. The maximum absolute atomic E-state index is 14.6. The number of aromatic nitrogens is 1. The molecule has 1 aliphatic heterocycles. The summed E-state index contributed by atoms with van der Waals surface area (Å²) in [6.45, 7) is 2.56. The van der Waals surface area contributed by atoms with Crippen LogP contribution in [-0.2, 0) is 13.0 Å². The molecular weight excluding hydrogens is 460 g/mol. The van der Waals surface area contributed by atoms with Gasteiger partial charge in [-0.2, -0.15) is 0 Å². The van der Waals surface area contributed by atoms with Gasteiger partial charge < -0.3 is 9.32 Å². The minimum Gasteiger partial charge on any atom is -0.459 e. The molecule has 36 heavy (non-hydrogen) atoms. The topological polar surface area (TPSA) is 49.6 Å². The van der Waals surface area contributed by atoms with Gasteiger partial charge in [0.25, 0.3) is 5.91 Å². The third-order valence-corrected chi connectivity index (χ3v) is 7.30. The van der Waals surface area contributed by atoms with Gasteiger partial charge in [-0.3, -0.25) is 14.7 Å². The number of furan rings is 1. The summed E-state index contributed by atoms with van der Waals surface area (Å²) >= 11 is 0. The van der Waals surface area contributed by atoms with E-state index in [0.717, 1.165) is 49.4 Å². The van der Waals surface area contributed by atoms with Crippen LogP contribution in [0.25, 0.3) is 10.9 Å². The van der Waals surface area contributed by atoms with Crippen molar-refractivity contribution < 1.29 is 18.0 Å². The first kappa shape index (κ1) is 24.1. The van der Waals surface area contributed by atoms with Crippen LogP contribution in [0.1, 0.15) is 34.5 Å². The van der Waals surface area contributed by atoms with Gasteiger partial charge in [-0.15, -0.1) is 0 Å². The molecule has 3 heterocycles. The first-order valence-electron chi connectivity index (χ1n) is 12.3. The van der Waals surface area contributed by atoms with Crippen molar-refractivity contribution in [1.82, 2.24) is 14.8 Å². The fourth-order valence-electron chi connectivity index (χ4n) is 5.30. The summed E-state index contributed by atoms with van der Waals surface area (Å²) in [5.74, 6) is -1.00. The van der Waals surface area contributed by atoms with E-state index in [0.29, 0.717) is 12.0 Å². The van der Waals surface area contributed by atoms with E-state index in [9.17, 15) is 13.6 Å². The van der Waals surface area contributed by atoms with Gasteiger partial charge in [-0.05, 0) is 79.7 Å². The predicted molar refractivity (Wildman–Crippen MR) is 134 cm³/mol. The van der Waals surface area contributed by atoms with E-state index in [4.69, 9.17) is 4.42 Å². The second-order valence-corrected chi connectivity index (χ2v) is 9.50. The fourth-order valence-corrected chi connectivity index (χ4v) is 5.30. The zero-order valence-corrected chi connectivity index (χ0v) is 20.2. The number of pyridine rings is 1. The number of hydrogen-bond acceptors (Lipinski definition) is 4. The number of halogens is 2. The van der Waals surface area contributed by atoms with Crippen LogP contribution in [0.4, 0.5) is 8.78 Å². The summed E-state index contributed by atoms with van der Waals surface area (Å²) in [4.78, 5) is 21.7. The number of nitrogens with zero attached hydrogens (tertiary/aromatic N) is 3. The van der Waals surface area contributed by atoms with Crippen LogP contribution in [-0.4, -0.2) is 46.9 Å². The smallest absolute Gasteiger partial charge is 0.289 e. The number of amides is 1. The number of benzene rings is 2. The van der Waals surface area contributed by atoms with Gasteiger partial charge in [0.05, 0.1) is 11.8 Å². The van der Waals surface area contributed by atoms with Gasteiger partial charge in [0, 0.05) is 37.3 Å². The monoisotopic (exact) mass is 489 g/mol. The Morgan fingerprint density at radius 1 is 1.08 bits per heavy atom. The summed E-state index contributed by atoms with van der Waals surface area (Å²) in [6.07, 6.45) is 5.33. The molecule has 1 saturated heterocycles. The molecule has 5 rings (SSSR count). The lowest BCUT2D eigenvalue weighted by molar-refractivity contribution is 0.0554. The Kier molecular flexibility index (Phi) is 7.09. The number of rotatable bonds is 7. The van der Waals surface area contributed by atoms with E-state index in [2.05, 4.69) is 22.0 Å². The van der Waals surface area contributed by atoms with Gasteiger partial charge in [0.2, 0.25) is 0 Å². The molecule has 0 N–H and O–H groups in total. The Morgan fingerprint density at radius 3 is 2.67 bits per heavy atom. The molecule has 1 amide bonds. The summed E-state index contributed by atoms with van der Waals surface area (Å²) < 4.78 is 33.4. The Balaban J connectivity index is 1.32. The number of hydrogen-bond donors (Lipinski definition) is 0. The molecule has 2 aromatic heterocycles. The van der Waals surface area contributed by atoms with Gasteiger partial charge in [0.1, 0.15) is 11.6 Å². The molecule has 0 aliphatic carbocycles. The van der Waals surface area contributed by atoms with E-state index in [1.54, 1.807) is 24.1 Å². The molecule has 2 aromatic carbocycles. The van der Waals surface area contributed by atoms with Crippen molar-refractivity contribution in [1.29, 1.82) is 0 Å².